The van der Waals surface area contributed by atoms with E-state index in [1.54, 1.807) is 0 Å². The van der Waals surface area contributed by atoms with Crippen LogP contribution in [-0.2, 0) is 28.6 Å². The molecule has 0 N–H and O–H groups in total. The first-order valence-electron chi connectivity index (χ1n) is 25.5. The zero-order valence-electron chi connectivity index (χ0n) is 41.0. The zero-order valence-corrected chi connectivity index (χ0v) is 41.0. The molecule has 0 rings (SSSR count). The minimum absolute atomic E-state index is 0.117. The summed E-state index contributed by atoms with van der Waals surface area (Å²) in [6.45, 7) is 6.29. The lowest BCUT2D eigenvalue weighted by Gasteiger charge is -2.18. The number of carbonyl (C=O) groups excluding carboxylic acids is 3. The van der Waals surface area contributed by atoms with E-state index in [9.17, 15) is 14.4 Å². The molecule has 0 aliphatic rings. The second-order valence-electron chi connectivity index (χ2n) is 16.3. The molecule has 0 saturated heterocycles. The van der Waals surface area contributed by atoms with Crippen molar-refractivity contribution in [3.8, 4) is 0 Å². The van der Waals surface area contributed by atoms with E-state index < -0.39 is 12.1 Å². The zero-order chi connectivity index (χ0) is 46.5. The second-order valence-corrected chi connectivity index (χ2v) is 16.3. The Balaban J connectivity index is 4.45. The van der Waals surface area contributed by atoms with Crippen molar-refractivity contribution in [2.75, 3.05) is 13.2 Å². The molecular formula is C58H92O6. The standard InChI is InChI=1S/C58H92O6/c1-4-7-10-13-16-19-22-24-25-26-27-28-29-30-31-32-33-35-36-39-42-45-48-51-57(60)63-54-55(53-62-56(59)50-47-44-41-38-21-18-15-12-9-6-3)64-58(61)52-49-46-43-40-37-34-23-20-17-14-11-8-5-2/h7-8,10-11,16-17,19-20,24-25,27-28,30-31,33-35,37,43,46,55H,4-6,9,12-15,18,21-23,26,29,32,36,38-42,44-45,47-54H2,1-3H3/b10-7-,11-8-,19-16-,20-17-,25-24-,28-27-,31-30-,35-33-,37-34-,46-43-. The summed E-state index contributed by atoms with van der Waals surface area (Å²) in [5.41, 5.74) is 0. The van der Waals surface area contributed by atoms with Gasteiger partial charge in [0.25, 0.3) is 0 Å². The summed E-state index contributed by atoms with van der Waals surface area (Å²) in [7, 11) is 0. The van der Waals surface area contributed by atoms with E-state index in [0.717, 1.165) is 116 Å². The molecule has 1 unspecified atom stereocenters. The maximum Gasteiger partial charge on any atom is 0.306 e. The van der Waals surface area contributed by atoms with Crippen LogP contribution >= 0.6 is 0 Å². The van der Waals surface area contributed by atoms with Crippen molar-refractivity contribution in [2.45, 2.75) is 213 Å². The van der Waals surface area contributed by atoms with Gasteiger partial charge in [0.15, 0.2) is 6.10 Å². The Hall–Kier alpha value is -4.19. The average molecular weight is 885 g/mol. The van der Waals surface area contributed by atoms with Gasteiger partial charge in [-0.25, -0.2) is 0 Å². The van der Waals surface area contributed by atoms with Crippen LogP contribution in [0.25, 0.3) is 0 Å². The molecule has 0 heterocycles. The van der Waals surface area contributed by atoms with Crippen LogP contribution in [0.3, 0.4) is 0 Å². The van der Waals surface area contributed by atoms with Crippen LogP contribution in [0, 0.1) is 0 Å². The van der Waals surface area contributed by atoms with Gasteiger partial charge in [-0.3, -0.25) is 14.4 Å². The highest BCUT2D eigenvalue weighted by molar-refractivity contribution is 5.71. The van der Waals surface area contributed by atoms with Crippen molar-refractivity contribution in [2.24, 2.45) is 0 Å². The van der Waals surface area contributed by atoms with E-state index in [-0.39, 0.29) is 31.6 Å². The SMILES string of the molecule is CC/C=C\C/C=C\C/C=C\C/C=C\C/C=C\C/C=C\CCCCCCC(=O)OCC(COC(=O)CCCCCCCCCCCC)OC(=O)CC/C=C\C/C=C\C/C=C\C/C=C\CC. The fourth-order valence-corrected chi connectivity index (χ4v) is 6.46. The predicted molar refractivity (Wildman–Crippen MR) is 274 cm³/mol. The molecule has 0 aromatic carbocycles. The van der Waals surface area contributed by atoms with E-state index in [1.165, 1.54) is 44.9 Å². The summed E-state index contributed by atoms with van der Waals surface area (Å²) in [4.78, 5) is 37.8. The first-order valence-corrected chi connectivity index (χ1v) is 25.5. The molecule has 0 spiro atoms. The molecule has 0 aromatic rings. The summed E-state index contributed by atoms with van der Waals surface area (Å²) in [5, 5.41) is 0. The summed E-state index contributed by atoms with van der Waals surface area (Å²) in [5.74, 6) is -1.04. The molecule has 360 valence electrons. The molecule has 0 aliphatic carbocycles. The Morgan fingerprint density at radius 3 is 1.02 bits per heavy atom. The van der Waals surface area contributed by atoms with Crippen LogP contribution < -0.4 is 0 Å². The molecule has 1 atom stereocenters. The van der Waals surface area contributed by atoms with Gasteiger partial charge in [0.1, 0.15) is 13.2 Å². The van der Waals surface area contributed by atoms with Gasteiger partial charge in [-0.2, -0.15) is 0 Å². The van der Waals surface area contributed by atoms with Crippen molar-refractivity contribution in [1.29, 1.82) is 0 Å². The molecule has 0 fully saturated rings. The minimum Gasteiger partial charge on any atom is -0.462 e. The number of unbranched alkanes of at least 4 members (excludes halogenated alkanes) is 13. The lowest BCUT2D eigenvalue weighted by molar-refractivity contribution is -0.166. The van der Waals surface area contributed by atoms with E-state index in [2.05, 4.69) is 130 Å². The lowest BCUT2D eigenvalue weighted by Crippen LogP contribution is -2.30. The van der Waals surface area contributed by atoms with Gasteiger partial charge in [-0.05, 0) is 96.3 Å². The molecule has 0 aliphatic heterocycles. The second kappa shape index (κ2) is 51.4. The van der Waals surface area contributed by atoms with E-state index in [4.69, 9.17) is 14.2 Å². The number of allylic oxidation sites excluding steroid dienone is 20. The number of ether oxygens (including phenoxy) is 3. The Bertz CT molecular complexity index is 1390. The number of hydrogen-bond acceptors (Lipinski definition) is 6. The largest absolute Gasteiger partial charge is 0.462 e. The Kier molecular flexibility index (Phi) is 48.1. The summed E-state index contributed by atoms with van der Waals surface area (Å²) in [6.07, 6.45) is 70.6. The van der Waals surface area contributed by atoms with E-state index in [0.29, 0.717) is 19.3 Å². The Morgan fingerprint density at radius 2 is 0.641 bits per heavy atom. The molecular weight excluding hydrogens is 793 g/mol. The van der Waals surface area contributed by atoms with E-state index in [1.807, 2.05) is 12.2 Å². The molecule has 0 aromatic heterocycles. The fourth-order valence-electron chi connectivity index (χ4n) is 6.46. The maximum absolute atomic E-state index is 12.7. The first kappa shape index (κ1) is 59.8. The van der Waals surface area contributed by atoms with Crippen LogP contribution in [-0.4, -0.2) is 37.2 Å². The highest BCUT2D eigenvalue weighted by Gasteiger charge is 2.19. The van der Waals surface area contributed by atoms with Gasteiger partial charge in [0.2, 0.25) is 0 Å². The van der Waals surface area contributed by atoms with Gasteiger partial charge in [-0.1, -0.05) is 213 Å². The van der Waals surface area contributed by atoms with Crippen LogP contribution in [0.1, 0.15) is 207 Å². The minimum atomic E-state index is -0.827. The van der Waals surface area contributed by atoms with Crippen molar-refractivity contribution >= 4 is 17.9 Å². The first-order chi connectivity index (χ1) is 31.5. The molecule has 0 bridgehead atoms. The summed E-state index contributed by atoms with van der Waals surface area (Å²) < 4.78 is 16.7. The fraction of sp³-hybridized carbons (Fsp3) is 0.603. The van der Waals surface area contributed by atoms with E-state index >= 15 is 0 Å². The molecule has 0 amide bonds. The van der Waals surface area contributed by atoms with Crippen molar-refractivity contribution in [1.82, 2.24) is 0 Å². The van der Waals surface area contributed by atoms with Crippen molar-refractivity contribution < 1.29 is 28.6 Å². The number of carbonyl (C=O) groups is 3. The third kappa shape index (κ3) is 48.8. The molecule has 0 saturated carbocycles. The third-order valence-corrected chi connectivity index (χ3v) is 10.2. The highest BCUT2D eigenvalue weighted by Crippen LogP contribution is 2.13. The van der Waals surface area contributed by atoms with Gasteiger partial charge in [0, 0.05) is 19.3 Å². The number of rotatable bonds is 44. The summed E-state index contributed by atoms with van der Waals surface area (Å²) >= 11 is 0. The topological polar surface area (TPSA) is 78.9 Å². The quantitative estimate of drug-likeness (QED) is 0.0262. The highest BCUT2D eigenvalue weighted by atomic mass is 16.6. The number of esters is 3. The van der Waals surface area contributed by atoms with Gasteiger partial charge < -0.3 is 14.2 Å². The maximum atomic E-state index is 12.7. The van der Waals surface area contributed by atoms with Crippen LogP contribution in [0.4, 0.5) is 0 Å². The van der Waals surface area contributed by atoms with Crippen LogP contribution in [0.5, 0.6) is 0 Å². The van der Waals surface area contributed by atoms with Crippen molar-refractivity contribution in [3.05, 3.63) is 122 Å². The third-order valence-electron chi connectivity index (χ3n) is 10.2. The van der Waals surface area contributed by atoms with Crippen molar-refractivity contribution in [3.63, 3.8) is 0 Å². The Morgan fingerprint density at radius 1 is 0.328 bits per heavy atom. The van der Waals surface area contributed by atoms with Gasteiger partial charge in [-0.15, -0.1) is 0 Å². The smallest absolute Gasteiger partial charge is 0.306 e. The molecule has 6 nitrogen and oxygen atoms in total. The molecule has 6 heteroatoms. The molecule has 64 heavy (non-hydrogen) atoms. The molecule has 0 radical (unpaired) electrons. The normalized spacial score (nSPS) is 13.1. The predicted octanol–water partition coefficient (Wildman–Crippen LogP) is 16.9. The monoisotopic (exact) mass is 885 g/mol. The Labute approximate surface area is 392 Å². The van der Waals surface area contributed by atoms with Crippen LogP contribution in [0.15, 0.2) is 122 Å². The van der Waals surface area contributed by atoms with Crippen LogP contribution in [0.2, 0.25) is 0 Å². The summed E-state index contributed by atoms with van der Waals surface area (Å²) in [6, 6.07) is 0. The van der Waals surface area contributed by atoms with Gasteiger partial charge >= 0.3 is 17.9 Å². The lowest BCUT2D eigenvalue weighted by atomic mass is 10.1. The number of hydrogen-bond donors (Lipinski definition) is 0. The average Bonchev–Trinajstić information content (AvgIpc) is 3.29. The van der Waals surface area contributed by atoms with Gasteiger partial charge in [0.05, 0.1) is 0 Å².